The summed E-state index contributed by atoms with van der Waals surface area (Å²) in [5.74, 6) is 0.465. The Kier molecular flexibility index (Phi) is 6.80. The van der Waals surface area contributed by atoms with Crippen LogP contribution in [0.1, 0.15) is 34.8 Å². The van der Waals surface area contributed by atoms with Gasteiger partial charge in [-0.05, 0) is 85.0 Å². The molecule has 9 nitrogen and oxygen atoms in total. The number of aromatic nitrogens is 2. The molecule has 0 bridgehead atoms. The van der Waals surface area contributed by atoms with Gasteiger partial charge in [-0.3, -0.25) is 9.10 Å². The molecule has 0 aliphatic heterocycles. The molecule has 38 heavy (non-hydrogen) atoms. The number of ether oxygens (including phenoxy) is 1. The van der Waals surface area contributed by atoms with Crippen LogP contribution in [0.4, 0.5) is 10.1 Å². The lowest BCUT2D eigenvalue weighted by molar-refractivity contribution is 0.0957. The van der Waals surface area contributed by atoms with Crippen LogP contribution in [-0.4, -0.2) is 55.7 Å². The third-order valence-electron chi connectivity index (χ3n) is 6.38. The first-order valence-electron chi connectivity index (χ1n) is 12.1. The number of sulfonamides is 1. The number of aliphatic hydroxyl groups excluding tert-OH is 1. The van der Waals surface area contributed by atoms with Crippen molar-refractivity contribution in [2.24, 2.45) is 0 Å². The highest BCUT2D eigenvalue weighted by Gasteiger charge is 2.32. The number of hydrogen-bond acceptors (Lipinski definition) is 6. The summed E-state index contributed by atoms with van der Waals surface area (Å²) < 4.78 is 46.8. The Morgan fingerprint density at radius 2 is 1.76 bits per heavy atom. The molecule has 1 heterocycles. The number of carbonyl (C=O) groups excluding carboxylic acids is 1. The summed E-state index contributed by atoms with van der Waals surface area (Å²) in [4.78, 5) is 13.0. The fraction of sp³-hybridized carbons (Fsp3) is 0.259. The Hall–Kier alpha value is -3.96. The third kappa shape index (κ3) is 5.07. The summed E-state index contributed by atoms with van der Waals surface area (Å²) >= 11 is 0. The molecule has 0 unspecified atom stereocenters. The fourth-order valence-electron chi connectivity index (χ4n) is 4.45. The van der Waals surface area contributed by atoms with Crippen molar-refractivity contribution in [2.75, 3.05) is 30.8 Å². The molecule has 0 atom stereocenters. The molecular weight excluding hydrogens is 511 g/mol. The summed E-state index contributed by atoms with van der Waals surface area (Å²) in [5.41, 5.74) is 2.63. The van der Waals surface area contributed by atoms with Gasteiger partial charge in [0.1, 0.15) is 23.0 Å². The maximum Gasteiger partial charge on any atom is 0.270 e. The number of benzene rings is 3. The molecule has 198 valence electrons. The van der Waals surface area contributed by atoms with Crippen molar-refractivity contribution in [1.82, 2.24) is 15.1 Å². The molecule has 1 amide bonds. The van der Waals surface area contributed by atoms with Crippen LogP contribution in [0, 0.1) is 5.82 Å². The van der Waals surface area contributed by atoms with E-state index in [1.165, 1.54) is 40.3 Å². The summed E-state index contributed by atoms with van der Waals surface area (Å²) in [7, 11) is -2.13. The van der Waals surface area contributed by atoms with Crippen molar-refractivity contribution in [2.45, 2.75) is 18.8 Å². The van der Waals surface area contributed by atoms with E-state index in [4.69, 9.17) is 4.74 Å². The van der Waals surface area contributed by atoms with Gasteiger partial charge in [0.15, 0.2) is 0 Å². The van der Waals surface area contributed by atoms with Crippen LogP contribution in [0.15, 0.2) is 60.7 Å². The van der Waals surface area contributed by atoms with Gasteiger partial charge in [-0.2, -0.15) is 5.10 Å². The van der Waals surface area contributed by atoms with Crippen molar-refractivity contribution in [3.05, 3.63) is 77.7 Å². The predicted molar refractivity (Wildman–Crippen MR) is 142 cm³/mol. The topological polar surface area (TPSA) is 114 Å². The Bertz CT molecular complexity index is 1600. The predicted octanol–water partition coefficient (Wildman–Crippen LogP) is 3.95. The van der Waals surface area contributed by atoms with E-state index in [-0.39, 0.29) is 30.8 Å². The lowest BCUT2D eigenvalue weighted by Gasteiger charge is -2.24. The van der Waals surface area contributed by atoms with Crippen molar-refractivity contribution < 1.29 is 27.4 Å². The second-order valence-corrected chi connectivity index (χ2v) is 11.1. The molecule has 1 saturated carbocycles. The van der Waals surface area contributed by atoms with E-state index in [1.807, 2.05) is 6.07 Å². The van der Waals surface area contributed by atoms with Crippen molar-refractivity contribution in [3.63, 3.8) is 0 Å². The molecule has 1 aromatic heterocycles. The Morgan fingerprint density at radius 1 is 1.13 bits per heavy atom. The molecular formula is C27H27FN4O5S. The number of anilines is 1. The molecule has 1 fully saturated rings. The highest BCUT2D eigenvalue weighted by molar-refractivity contribution is 7.92. The molecule has 3 aromatic carbocycles. The van der Waals surface area contributed by atoms with Crippen molar-refractivity contribution in [1.29, 1.82) is 0 Å². The van der Waals surface area contributed by atoms with E-state index >= 15 is 0 Å². The second kappa shape index (κ2) is 10.1. The zero-order valence-electron chi connectivity index (χ0n) is 20.9. The van der Waals surface area contributed by atoms with Crippen molar-refractivity contribution >= 4 is 32.5 Å². The SMILES string of the molecule is CNC(=O)c1c2cc(C3CC3)c(N(CCO)S(C)(=O)=O)cc2nn1-c1ccc(Oc2ccc(F)cc2)cc1. The van der Waals surface area contributed by atoms with Gasteiger partial charge in [0.05, 0.1) is 36.3 Å². The molecule has 0 spiro atoms. The third-order valence-corrected chi connectivity index (χ3v) is 7.56. The summed E-state index contributed by atoms with van der Waals surface area (Å²) in [6.07, 6.45) is 2.93. The molecule has 4 aromatic rings. The van der Waals surface area contributed by atoms with E-state index in [0.29, 0.717) is 39.5 Å². The first-order chi connectivity index (χ1) is 18.2. The standard InChI is InChI=1S/C27H27FN4O5S/c1-29-27(34)26-23-15-22(17-3-4-17)25(31(13-14-33)38(2,35)36)16-24(23)30-32(26)19-7-11-21(12-8-19)37-20-9-5-18(28)6-10-20/h5-12,15-17,33H,3-4,13-14H2,1-2H3,(H,29,34). The lowest BCUT2D eigenvalue weighted by atomic mass is 10.0. The monoisotopic (exact) mass is 538 g/mol. The van der Waals surface area contributed by atoms with E-state index < -0.39 is 10.0 Å². The van der Waals surface area contributed by atoms with Crippen LogP contribution in [-0.2, 0) is 10.0 Å². The van der Waals surface area contributed by atoms with Crippen LogP contribution >= 0.6 is 0 Å². The van der Waals surface area contributed by atoms with Gasteiger partial charge in [0.2, 0.25) is 10.0 Å². The highest BCUT2D eigenvalue weighted by Crippen LogP contribution is 2.46. The minimum absolute atomic E-state index is 0.0808. The molecule has 1 aliphatic rings. The van der Waals surface area contributed by atoms with E-state index in [2.05, 4.69) is 10.4 Å². The highest BCUT2D eigenvalue weighted by atomic mass is 32.2. The van der Waals surface area contributed by atoms with Gasteiger partial charge in [-0.15, -0.1) is 0 Å². The maximum atomic E-state index is 13.2. The minimum atomic E-state index is -3.66. The van der Waals surface area contributed by atoms with Crippen LogP contribution in [0.25, 0.3) is 16.6 Å². The van der Waals surface area contributed by atoms with E-state index in [0.717, 1.165) is 24.7 Å². The molecule has 2 N–H and O–H groups in total. The normalized spacial score (nSPS) is 13.5. The first-order valence-corrected chi connectivity index (χ1v) is 14.0. The maximum absolute atomic E-state index is 13.2. The van der Waals surface area contributed by atoms with Crippen LogP contribution < -0.4 is 14.4 Å². The van der Waals surface area contributed by atoms with Crippen LogP contribution in [0.5, 0.6) is 11.5 Å². The molecule has 0 saturated heterocycles. The number of rotatable bonds is 9. The number of nitrogens with zero attached hydrogens (tertiary/aromatic N) is 3. The number of hydrogen-bond donors (Lipinski definition) is 2. The van der Waals surface area contributed by atoms with E-state index in [1.54, 1.807) is 30.3 Å². The zero-order valence-corrected chi connectivity index (χ0v) is 21.7. The van der Waals surface area contributed by atoms with Gasteiger partial charge in [-0.1, -0.05) is 0 Å². The number of amides is 1. The number of fused-ring (bicyclic) bond motifs is 1. The Morgan fingerprint density at radius 3 is 2.32 bits per heavy atom. The molecule has 5 rings (SSSR count). The number of halogens is 1. The van der Waals surface area contributed by atoms with Gasteiger partial charge in [0, 0.05) is 12.4 Å². The molecule has 1 aliphatic carbocycles. The number of aliphatic hydroxyl groups is 1. The Labute approximate surface area is 219 Å². The minimum Gasteiger partial charge on any atom is -0.457 e. The zero-order chi connectivity index (χ0) is 27.0. The van der Waals surface area contributed by atoms with Gasteiger partial charge < -0.3 is 15.2 Å². The molecule has 11 heteroatoms. The lowest BCUT2D eigenvalue weighted by Crippen LogP contribution is -2.33. The summed E-state index contributed by atoms with van der Waals surface area (Å²) in [6, 6.07) is 16.1. The van der Waals surface area contributed by atoms with Crippen LogP contribution in [0.3, 0.4) is 0 Å². The largest absolute Gasteiger partial charge is 0.457 e. The van der Waals surface area contributed by atoms with Gasteiger partial charge in [0.25, 0.3) is 5.91 Å². The average Bonchev–Trinajstić information content (AvgIpc) is 3.67. The number of carbonyl (C=O) groups is 1. The van der Waals surface area contributed by atoms with Gasteiger partial charge >= 0.3 is 0 Å². The van der Waals surface area contributed by atoms with Gasteiger partial charge in [-0.25, -0.2) is 17.5 Å². The van der Waals surface area contributed by atoms with Crippen molar-refractivity contribution in [3.8, 4) is 17.2 Å². The number of nitrogens with one attached hydrogen (secondary N) is 1. The second-order valence-electron chi connectivity index (χ2n) is 9.15. The fourth-order valence-corrected chi connectivity index (χ4v) is 5.38. The first kappa shape index (κ1) is 25.7. The van der Waals surface area contributed by atoms with Crippen LogP contribution in [0.2, 0.25) is 0 Å². The smallest absolute Gasteiger partial charge is 0.270 e. The Balaban J connectivity index is 1.60. The summed E-state index contributed by atoms with van der Waals surface area (Å²) in [5, 5.41) is 17.5. The van der Waals surface area contributed by atoms with E-state index in [9.17, 15) is 22.7 Å². The summed E-state index contributed by atoms with van der Waals surface area (Å²) in [6.45, 7) is -0.415. The average molecular weight is 539 g/mol. The molecule has 0 radical (unpaired) electrons. The quantitative estimate of drug-likeness (QED) is 0.334.